The van der Waals surface area contributed by atoms with Crippen LogP contribution in [0.3, 0.4) is 0 Å². The number of amides is 1. The van der Waals surface area contributed by atoms with Crippen LogP contribution in [0.1, 0.15) is 11.3 Å². The van der Waals surface area contributed by atoms with Gasteiger partial charge in [0.15, 0.2) is 6.61 Å². The summed E-state index contributed by atoms with van der Waals surface area (Å²) in [5.74, 6) is -1.10. The van der Waals surface area contributed by atoms with Gasteiger partial charge >= 0.3 is 5.82 Å². The van der Waals surface area contributed by atoms with Crippen molar-refractivity contribution in [1.82, 2.24) is 4.98 Å². The van der Waals surface area contributed by atoms with Gasteiger partial charge in [0.1, 0.15) is 5.69 Å². The number of halogens is 2. The molecule has 0 spiro atoms. The van der Waals surface area contributed by atoms with E-state index in [9.17, 15) is 14.9 Å². The Morgan fingerprint density at radius 2 is 2.00 bits per heavy atom. The highest BCUT2D eigenvalue weighted by Crippen LogP contribution is 2.33. The molecule has 2 rings (SSSR count). The zero-order valence-electron chi connectivity index (χ0n) is 12.8. The van der Waals surface area contributed by atoms with Crippen molar-refractivity contribution in [2.24, 2.45) is 0 Å². The molecule has 1 N–H and O–H groups in total. The fourth-order valence-corrected chi connectivity index (χ4v) is 2.33. The number of aromatic nitrogens is 1. The zero-order valence-corrected chi connectivity index (χ0v) is 14.3. The van der Waals surface area contributed by atoms with Gasteiger partial charge < -0.3 is 20.2 Å². The van der Waals surface area contributed by atoms with E-state index in [-0.39, 0.29) is 16.5 Å². The topological polar surface area (TPSA) is 94.4 Å². The second kappa shape index (κ2) is 7.46. The number of aryl methyl sites for hydroxylation is 2. The molecule has 0 saturated heterocycles. The molecule has 1 aromatic heterocycles. The first-order chi connectivity index (χ1) is 11.3. The largest absolute Gasteiger partial charge is 0.476 e. The number of pyridine rings is 1. The van der Waals surface area contributed by atoms with Gasteiger partial charge in [0.2, 0.25) is 5.75 Å². The van der Waals surface area contributed by atoms with Crippen LogP contribution in [0.15, 0.2) is 24.3 Å². The first kappa shape index (κ1) is 18.0. The van der Waals surface area contributed by atoms with Gasteiger partial charge in [-0.1, -0.05) is 29.3 Å². The summed E-state index contributed by atoms with van der Waals surface area (Å²) in [5, 5.41) is 14.1. The lowest BCUT2D eigenvalue weighted by atomic mass is 10.2. The van der Waals surface area contributed by atoms with Crippen molar-refractivity contribution in [2.45, 2.75) is 13.8 Å². The molecule has 0 aliphatic rings. The molecule has 2 aromatic rings. The van der Waals surface area contributed by atoms with Gasteiger partial charge in [0.25, 0.3) is 5.91 Å². The lowest BCUT2D eigenvalue weighted by molar-refractivity contribution is -0.390. The minimum absolute atomic E-state index is 0.0952. The summed E-state index contributed by atoms with van der Waals surface area (Å²) in [7, 11) is 0. The van der Waals surface area contributed by atoms with Crippen LogP contribution >= 0.6 is 23.2 Å². The van der Waals surface area contributed by atoms with Crippen LogP contribution in [0, 0.1) is 24.0 Å². The third-order valence-electron chi connectivity index (χ3n) is 3.06. The monoisotopic (exact) mass is 369 g/mol. The number of ether oxygens (including phenoxy) is 1. The molecule has 0 radical (unpaired) electrons. The molecular weight excluding hydrogens is 357 g/mol. The van der Waals surface area contributed by atoms with Gasteiger partial charge in [-0.3, -0.25) is 4.79 Å². The molecule has 126 valence electrons. The number of carbonyl (C=O) groups excluding carboxylic acids is 1. The number of hydrogen-bond acceptors (Lipinski definition) is 5. The molecule has 9 heteroatoms. The molecule has 0 saturated carbocycles. The van der Waals surface area contributed by atoms with Crippen LogP contribution in [0.5, 0.6) is 5.75 Å². The third kappa shape index (κ3) is 4.12. The van der Waals surface area contributed by atoms with Gasteiger partial charge in [0, 0.05) is 6.92 Å². The molecule has 0 unspecified atom stereocenters. The molecule has 0 bridgehead atoms. The van der Waals surface area contributed by atoms with E-state index in [0.29, 0.717) is 10.7 Å². The van der Waals surface area contributed by atoms with E-state index in [1.54, 1.807) is 32.0 Å². The maximum absolute atomic E-state index is 12.0. The van der Waals surface area contributed by atoms with Gasteiger partial charge in [-0.2, -0.15) is 0 Å². The summed E-state index contributed by atoms with van der Waals surface area (Å²) in [6.45, 7) is 2.93. The normalized spacial score (nSPS) is 10.3. The molecule has 24 heavy (non-hydrogen) atoms. The average molecular weight is 370 g/mol. The number of nitrogens with zero attached hydrogens (tertiary/aromatic N) is 2. The molecule has 7 nitrogen and oxygen atoms in total. The highest BCUT2D eigenvalue weighted by Gasteiger charge is 2.19. The minimum Gasteiger partial charge on any atom is -0.476 e. The lowest BCUT2D eigenvalue weighted by Gasteiger charge is -2.11. The molecule has 0 aliphatic heterocycles. The maximum Gasteiger partial charge on any atom is 0.406 e. The van der Waals surface area contributed by atoms with E-state index in [1.807, 2.05) is 0 Å². The number of anilines is 1. The molecule has 1 heterocycles. The summed E-state index contributed by atoms with van der Waals surface area (Å²) in [5.41, 5.74) is 1.48. The highest BCUT2D eigenvalue weighted by atomic mass is 35.5. The average Bonchev–Trinajstić information content (AvgIpc) is 2.54. The minimum atomic E-state index is -0.672. The second-order valence-electron chi connectivity index (χ2n) is 4.92. The van der Waals surface area contributed by atoms with E-state index in [0.717, 1.165) is 5.56 Å². The van der Waals surface area contributed by atoms with E-state index >= 15 is 0 Å². The summed E-state index contributed by atoms with van der Waals surface area (Å²) in [4.78, 5) is 26.1. The number of hydrogen-bond donors (Lipinski definition) is 1. The Bertz CT molecular complexity index is 812. The highest BCUT2D eigenvalue weighted by molar-refractivity contribution is 6.40. The first-order valence-corrected chi connectivity index (χ1v) is 7.54. The fraction of sp³-hybridized carbons (Fsp3) is 0.200. The molecule has 1 aromatic carbocycles. The SMILES string of the molecule is Cc1ccc(OCC(=O)Nc2c(Cl)ccc(C)c2Cl)c([N+](=O)[O-])n1. The molecule has 1 amide bonds. The molecule has 0 fully saturated rings. The van der Waals surface area contributed by atoms with Crippen molar-refractivity contribution in [2.75, 3.05) is 11.9 Å². The Morgan fingerprint density at radius 1 is 1.29 bits per heavy atom. The second-order valence-corrected chi connectivity index (χ2v) is 5.71. The summed E-state index contributed by atoms with van der Waals surface area (Å²) in [6.07, 6.45) is 0. The maximum atomic E-state index is 12.0. The Labute approximate surface area is 147 Å². The third-order valence-corrected chi connectivity index (χ3v) is 3.86. The predicted octanol–water partition coefficient (Wildman–Crippen LogP) is 3.93. The van der Waals surface area contributed by atoms with Crippen LogP contribution in [-0.4, -0.2) is 22.4 Å². The number of benzene rings is 1. The quantitative estimate of drug-likeness (QED) is 0.636. The smallest absolute Gasteiger partial charge is 0.406 e. The van der Waals surface area contributed by atoms with E-state index in [2.05, 4.69) is 10.3 Å². The summed E-state index contributed by atoms with van der Waals surface area (Å²) < 4.78 is 5.20. The zero-order chi connectivity index (χ0) is 17.9. The molecule has 0 atom stereocenters. The Morgan fingerprint density at radius 3 is 2.67 bits per heavy atom. The van der Waals surface area contributed by atoms with Gasteiger partial charge in [0.05, 0.1) is 15.7 Å². The van der Waals surface area contributed by atoms with Gasteiger partial charge in [-0.15, -0.1) is 0 Å². The van der Waals surface area contributed by atoms with Crippen LogP contribution in [-0.2, 0) is 4.79 Å². The summed E-state index contributed by atoms with van der Waals surface area (Å²) in [6, 6.07) is 6.26. The van der Waals surface area contributed by atoms with E-state index < -0.39 is 23.3 Å². The molecular formula is C15H13Cl2N3O4. The van der Waals surface area contributed by atoms with Gasteiger partial charge in [-0.05, 0) is 40.6 Å². The molecule has 0 aliphatic carbocycles. The van der Waals surface area contributed by atoms with Crippen molar-refractivity contribution >= 4 is 40.6 Å². The van der Waals surface area contributed by atoms with Crippen molar-refractivity contribution < 1.29 is 14.5 Å². The van der Waals surface area contributed by atoms with Crippen molar-refractivity contribution in [3.05, 3.63) is 55.7 Å². The summed E-state index contributed by atoms with van der Waals surface area (Å²) >= 11 is 12.1. The predicted molar refractivity (Wildman–Crippen MR) is 91.0 cm³/mol. The van der Waals surface area contributed by atoms with Crippen LogP contribution in [0.2, 0.25) is 10.0 Å². The van der Waals surface area contributed by atoms with E-state index in [1.165, 1.54) is 6.07 Å². The van der Waals surface area contributed by atoms with Crippen LogP contribution < -0.4 is 10.1 Å². The van der Waals surface area contributed by atoms with Crippen LogP contribution in [0.25, 0.3) is 0 Å². The number of rotatable bonds is 5. The standard InChI is InChI=1S/C15H13Cl2N3O4/c1-8-3-5-10(16)14(13(8)17)19-12(21)7-24-11-6-4-9(2)18-15(11)20(22)23/h3-6H,7H2,1-2H3,(H,19,21). The number of nitro groups is 1. The van der Waals surface area contributed by atoms with Crippen molar-refractivity contribution in [1.29, 1.82) is 0 Å². The number of nitrogens with one attached hydrogen (secondary N) is 1. The van der Waals surface area contributed by atoms with Gasteiger partial charge in [-0.25, -0.2) is 0 Å². The Kier molecular flexibility index (Phi) is 5.58. The lowest BCUT2D eigenvalue weighted by Crippen LogP contribution is -2.21. The van der Waals surface area contributed by atoms with E-state index in [4.69, 9.17) is 27.9 Å². The Balaban J connectivity index is 2.10. The van der Waals surface area contributed by atoms with Crippen molar-refractivity contribution in [3.63, 3.8) is 0 Å². The van der Waals surface area contributed by atoms with Crippen molar-refractivity contribution in [3.8, 4) is 5.75 Å². The van der Waals surface area contributed by atoms with Crippen LogP contribution in [0.4, 0.5) is 11.5 Å². The Hall–Kier alpha value is -2.38. The fourth-order valence-electron chi connectivity index (χ4n) is 1.86. The first-order valence-electron chi connectivity index (χ1n) is 6.79. The number of carbonyl (C=O) groups is 1.